The number of methoxy groups -OCH3 is 1. The van der Waals surface area contributed by atoms with E-state index in [2.05, 4.69) is 34.4 Å². The second-order valence-corrected chi connectivity index (χ2v) is 4.75. The predicted octanol–water partition coefficient (Wildman–Crippen LogP) is 2.20. The molecule has 2 N–H and O–H groups in total. The maximum atomic E-state index is 5.45. The number of hydrogen-bond acceptors (Lipinski definition) is 3. The monoisotopic (exact) mass is 283 g/mol. The predicted molar refractivity (Wildman–Crippen MR) is 84.3 cm³/mol. The Hall–Kier alpha value is -2.25. The molecular formula is C17H21N3O. The van der Waals surface area contributed by atoms with Crippen LogP contribution in [0.1, 0.15) is 30.3 Å². The number of nitrogens with two attached hydrogens (primary N) is 1. The van der Waals surface area contributed by atoms with Crippen LogP contribution in [0.25, 0.3) is 0 Å². The van der Waals surface area contributed by atoms with Gasteiger partial charge < -0.3 is 15.0 Å². The first-order valence-corrected chi connectivity index (χ1v) is 7.14. The summed E-state index contributed by atoms with van der Waals surface area (Å²) >= 11 is 0. The van der Waals surface area contributed by atoms with E-state index in [1.165, 1.54) is 0 Å². The van der Waals surface area contributed by atoms with Crippen molar-refractivity contribution in [2.24, 2.45) is 5.73 Å². The largest absolute Gasteiger partial charge is 0.496 e. The second kappa shape index (κ2) is 7.51. The van der Waals surface area contributed by atoms with Gasteiger partial charge in [0, 0.05) is 29.9 Å². The topological polar surface area (TPSA) is 53.1 Å². The normalized spacial score (nSPS) is 10.0. The van der Waals surface area contributed by atoms with Gasteiger partial charge in [0.15, 0.2) is 0 Å². The zero-order chi connectivity index (χ0) is 15.1. The van der Waals surface area contributed by atoms with Crippen molar-refractivity contribution in [2.45, 2.75) is 26.3 Å². The van der Waals surface area contributed by atoms with Crippen molar-refractivity contribution in [3.63, 3.8) is 0 Å². The Morgan fingerprint density at radius 1 is 1.38 bits per heavy atom. The van der Waals surface area contributed by atoms with E-state index >= 15 is 0 Å². The summed E-state index contributed by atoms with van der Waals surface area (Å²) in [6.07, 6.45) is 5.90. The van der Waals surface area contributed by atoms with Gasteiger partial charge in [-0.1, -0.05) is 18.8 Å². The van der Waals surface area contributed by atoms with Crippen molar-refractivity contribution in [1.82, 2.24) is 9.55 Å². The summed E-state index contributed by atoms with van der Waals surface area (Å²) < 4.78 is 7.60. The van der Waals surface area contributed by atoms with E-state index in [0.717, 1.165) is 42.1 Å². The summed E-state index contributed by atoms with van der Waals surface area (Å²) in [6.45, 7) is 3.25. The Balaban J connectivity index is 2.30. The molecule has 0 fully saturated rings. The van der Waals surface area contributed by atoms with E-state index < -0.39 is 0 Å². The lowest BCUT2D eigenvalue weighted by Gasteiger charge is -2.12. The van der Waals surface area contributed by atoms with Gasteiger partial charge in [0.1, 0.15) is 11.6 Å². The van der Waals surface area contributed by atoms with Gasteiger partial charge in [-0.05, 0) is 24.6 Å². The number of aromatic nitrogens is 2. The zero-order valence-electron chi connectivity index (χ0n) is 12.6. The minimum absolute atomic E-state index is 0.365. The molecule has 1 aromatic carbocycles. The molecule has 4 heteroatoms. The first kappa shape index (κ1) is 15.1. The molecule has 0 amide bonds. The smallest absolute Gasteiger partial charge is 0.123 e. The van der Waals surface area contributed by atoms with E-state index in [0.29, 0.717) is 6.54 Å². The van der Waals surface area contributed by atoms with Crippen LogP contribution in [0.4, 0.5) is 0 Å². The van der Waals surface area contributed by atoms with Crippen LogP contribution in [-0.2, 0) is 13.0 Å². The number of ether oxygens (including phenoxy) is 1. The van der Waals surface area contributed by atoms with Crippen molar-refractivity contribution < 1.29 is 4.74 Å². The molecule has 0 bridgehead atoms. The fraction of sp³-hybridized carbons (Fsp3) is 0.353. The van der Waals surface area contributed by atoms with Gasteiger partial charge >= 0.3 is 0 Å². The third kappa shape index (κ3) is 3.87. The van der Waals surface area contributed by atoms with Crippen LogP contribution in [0, 0.1) is 11.8 Å². The molecule has 4 nitrogen and oxygen atoms in total. The molecule has 0 aliphatic rings. The van der Waals surface area contributed by atoms with Gasteiger partial charge in [0.25, 0.3) is 0 Å². The molecule has 0 aliphatic carbocycles. The first-order valence-electron chi connectivity index (χ1n) is 7.14. The molecule has 1 aromatic heterocycles. The minimum Gasteiger partial charge on any atom is -0.496 e. The maximum absolute atomic E-state index is 5.45. The summed E-state index contributed by atoms with van der Waals surface area (Å²) in [6, 6.07) is 5.95. The van der Waals surface area contributed by atoms with Gasteiger partial charge in [0.05, 0.1) is 20.2 Å². The van der Waals surface area contributed by atoms with Crippen LogP contribution >= 0.6 is 0 Å². The molecule has 21 heavy (non-hydrogen) atoms. The number of imidazole rings is 1. The van der Waals surface area contributed by atoms with Crippen molar-refractivity contribution in [1.29, 1.82) is 0 Å². The second-order valence-electron chi connectivity index (χ2n) is 4.75. The highest BCUT2D eigenvalue weighted by molar-refractivity contribution is 5.44. The zero-order valence-corrected chi connectivity index (χ0v) is 12.6. The summed E-state index contributed by atoms with van der Waals surface area (Å²) in [5.74, 6) is 7.90. The average Bonchev–Trinajstić information content (AvgIpc) is 2.93. The van der Waals surface area contributed by atoms with E-state index in [4.69, 9.17) is 10.5 Å². The number of benzene rings is 1. The minimum atomic E-state index is 0.365. The third-order valence-corrected chi connectivity index (χ3v) is 3.23. The highest BCUT2D eigenvalue weighted by Gasteiger charge is 2.08. The summed E-state index contributed by atoms with van der Waals surface area (Å²) in [5.41, 5.74) is 7.47. The van der Waals surface area contributed by atoms with E-state index in [-0.39, 0.29) is 0 Å². The molecular weight excluding hydrogens is 262 g/mol. The number of nitrogens with zero attached hydrogens (tertiary/aromatic N) is 2. The Labute approximate surface area is 125 Å². The van der Waals surface area contributed by atoms with E-state index in [1.807, 2.05) is 24.5 Å². The number of aryl methyl sites for hydroxylation is 1. The fourth-order valence-corrected chi connectivity index (χ4v) is 2.25. The number of rotatable bonds is 5. The Morgan fingerprint density at radius 2 is 2.24 bits per heavy atom. The van der Waals surface area contributed by atoms with Crippen molar-refractivity contribution in [2.75, 3.05) is 13.7 Å². The fourth-order valence-electron chi connectivity index (χ4n) is 2.25. The SMILES string of the molecule is CCCc1nccn1Cc1cc(C#CCN)ccc1OC. The van der Waals surface area contributed by atoms with E-state index in [9.17, 15) is 0 Å². The Morgan fingerprint density at radius 3 is 2.95 bits per heavy atom. The molecule has 2 aromatic rings. The van der Waals surface area contributed by atoms with Gasteiger partial charge in [-0.25, -0.2) is 4.98 Å². The van der Waals surface area contributed by atoms with Crippen LogP contribution < -0.4 is 10.5 Å². The number of hydrogen-bond donors (Lipinski definition) is 1. The highest BCUT2D eigenvalue weighted by Crippen LogP contribution is 2.21. The maximum Gasteiger partial charge on any atom is 0.123 e. The molecule has 2 rings (SSSR count). The van der Waals surface area contributed by atoms with Crippen molar-refractivity contribution >= 4 is 0 Å². The van der Waals surface area contributed by atoms with Gasteiger partial charge in [-0.15, -0.1) is 0 Å². The van der Waals surface area contributed by atoms with Gasteiger partial charge in [-0.2, -0.15) is 0 Å². The molecule has 0 spiro atoms. The first-order chi connectivity index (χ1) is 10.3. The Bertz CT molecular complexity index is 650. The van der Waals surface area contributed by atoms with Crippen LogP contribution in [0.15, 0.2) is 30.6 Å². The van der Waals surface area contributed by atoms with E-state index in [1.54, 1.807) is 7.11 Å². The molecule has 0 saturated heterocycles. The van der Waals surface area contributed by atoms with Gasteiger partial charge in [-0.3, -0.25) is 0 Å². The summed E-state index contributed by atoms with van der Waals surface area (Å²) in [4.78, 5) is 4.41. The summed E-state index contributed by atoms with van der Waals surface area (Å²) in [5, 5.41) is 0. The van der Waals surface area contributed by atoms with Crippen molar-refractivity contribution in [3.8, 4) is 17.6 Å². The average molecular weight is 283 g/mol. The highest BCUT2D eigenvalue weighted by atomic mass is 16.5. The van der Waals surface area contributed by atoms with Crippen LogP contribution in [0.2, 0.25) is 0 Å². The molecule has 0 aliphatic heterocycles. The standard InChI is InChI=1S/C17H21N3O/c1-3-5-17-19-10-11-20(17)13-15-12-14(6-4-9-18)7-8-16(15)21-2/h7-8,10-12H,3,5,9,13,18H2,1-2H3. The molecule has 1 heterocycles. The lowest BCUT2D eigenvalue weighted by molar-refractivity contribution is 0.408. The lowest BCUT2D eigenvalue weighted by atomic mass is 10.1. The quantitative estimate of drug-likeness (QED) is 0.856. The van der Waals surface area contributed by atoms with Crippen molar-refractivity contribution in [3.05, 3.63) is 47.5 Å². The van der Waals surface area contributed by atoms with Crippen LogP contribution in [0.3, 0.4) is 0 Å². The third-order valence-electron chi connectivity index (χ3n) is 3.23. The summed E-state index contributed by atoms with van der Waals surface area (Å²) in [7, 11) is 1.69. The molecule has 0 radical (unpaired) electrons. The van der Waals surface area contributed by atoms with Crippen LogP contribution in [0.5, 0.6) is 5.75 Å². The van der Waals surface area contributed by atoms with Gasteiger partial charge in [0.2, 0.25) is 0 Å². The molecule has 0 saturated carbocycles. The Kier molecular flexibility index (Phi) is 5.42. The van der Waals surface area contributed by atoms with Crippen LogP contribution in [-0.4, -0.2) is 23.2 Å². The molecule has 0 atom stereocenters. The lowest BCUT2D eigenvalue weighted by Crippen LogP contribution is -2.06. The molecule has 110 valence electrons. The molecule has 0 unspecified atom stereocenters.